The number of hydrogen-bond acceptors (Lipinski definition) is 3. The summed E-state index contributed by atoms with van der Waals surface area (Å²) in [5, 5.41) is 0. The van der Waals surface area contributed by atoms with Crippen molar-refractivity contribution in [3.63, 3.8) is 0 Å². The quantitative estimate of drug-likeness (QED) is 0.650. The molecule has 2 fully saturated rings. The molecule has 0 spiro atoms. The van der Waals surface area contributed by atoms with E-state index in [1.807, 2.05) is 0 Å². The van der Waals surface area contributed by atoms with Crippen molar-refractivity contribution in [2.45, 2.75) is 30.3 Å². The maximum atomic E-state index is 11.1. The Hall–Kier alpha value is 0.370. The summed E-state index contributed by atoms with van der Waals surface area (Å²) in [7, 11) is 0. The fourth-order valence-electron chi connectivity index (χ4n) is 1.85. The second kappa shape index (κ2) is 4.05. The van der Waals surface area contributed by atoms with Gasteiger partial charge >= 0.3 is 0 Å². The Morgan fingerprint density at radius 2 is 2.00 bits per heavy atom. The Balaban J connectivity index is 1.86. The van der Waals surface area contributed by atoms with Gasteiger partial charge in [0.15, 0.2) is 0 Å². The van der Waals surface area contributed by atoms with Gasteiger partial charge in [-0.1, -0.05) is 0 Å². The molecule has 1 aliphatic carbocycles. The molecular weight excluding hydrogens is 188 g/mol. The van der Waals surface area contributed by atoms with Gasteiger partial charge in [0, 0.05) is 12.8 Å². The van der Waals surface area contributed by atoms with Crippen molar-refractivity contribution in [1.82, 2.24) is 0 Å². The highest BCUT2D eigenvalue weighted by molar-refractivity contribution is 8.17. The SMILES string of the molecule is O=C1CC[C@@H](C2SCCCS2)C1. The monoisotopic (exact) mass is 202 g/mol. The Morgan fingerprint density at radius 1 is 1.25 bits per heavy atom. The van der Waals surface area contributed by atoms with Gasteiger partial charge in [0.2, 0.25) is 0 Å². The van der Waals surface area contributed by atoms with Crippen LogP contribution in [0.5, 0.6) is 0 Å². The minimum atomic E-state index is 0.492. The Labute approximate surface area is 82.1 Å². The molecule has 2 rings (SSSR count). The minimum absolute atomic E-state index is 0.492. The molecule has 1 nitrogen and oxygen atoms in total. The van der Waals surface area contributed by atoms with Gasteiger partial charge in [0.05, 0.1) is 4.58 Å². The molecule has 0 unspecified atom stereocenters. The second-order valence-corrected chi connectivity index (χ2v) is 6.30. The van der Waals surface area contributed by atoms with Crippen LogP contribution in [0.15, 0.2) is 0 Å². The molecule has 0 aromatic rings. The minimum Gasteiger partial charge on any atom is -0.300 e. The lowest BCUT2D eigenvalue weighted by Crippen LogP contribution is -2.16. The Bertz CT molecular complexity index is 175. The lowest BCUT2D eigenvalue weighted by Gasteiger charge is -2.25. The van der Waals surface area contributed by atoms with Gasteiger partial charge in [0.25, 0.3) is 0 Å². The van der Waals surface area contributed by atoms with Crippen molar-refractivity contribution in [3.05, 3.63) is 0 Å². The summed E-state index contributed by atoms with van der Waals surface area (Å²) in [6.45, 7) is 0. The fourth-order valence-corrected chi connectivity index (χ4v) is 5.09. The molecule has 1 aliphatic heterocycles. The van der Waals surface area contributed by atoms with Crippen molar-refractivity contribution in [3.8, 4) is 0 Å². The maximum Gasteiger partial charge on any atom is 0.133 e. The van der Waals surface area contributed by atoms with Crippen LogP contribution in [0.25, 0.3) is 0 Å². The zero-order valence-corrected chi connectivity index (χ0v) is 8.76. The smallest absolute Gasteiger partial charge is 0.133 e. The molecule has 0 bridgehead atoms. The van der Waals surface area contributed by atoms with Crippen molar-refractivity contribution >= 4 is 29.3 Å². The number of thioether (sulfide) groups is 2. The summed E-state index contributed by atoms with van der Waals surface area (Å²) in [4.78, 5) is 11.1. The van der Waals surface area contributed by atoms with Gasteiger partial charge in [-0.3, -0.25) is 4.79 Å². The van der Waals surface area contributed by atoms with Crippen LogP contribution < -0.4 is 0 Å². The van der Waals surface area contributed by atoms with E-state index in [1.165, 1.54) is 17.9 Å². The largest absolute Gasteiger partial charge is 0.300 e. The van der Waals surface area contributed by atoms with E-state index in [2.05, 4.69) is 23.5 Å². The van der Waals surface area contributed by atoms with Crippen LogP contribution in [-0.2, 0) is 4.79 Å². The van der Waals surface area contributed by atoms with Crippen LogP contribution in [0.1, 0.15) is 25.7 Å². The van der Waals surface area contributed by atoms with Crippen LogP contribution in [0, 0.1) is 5.92 Å². The first-order chi connectivity index (χ1) is 5.86. The van der Waals surface area contributed by atoms with E-state index in [-0.39, 0.29) is 0 Å². The number of carbonyl (C=O) groups excluding carboxylic acids is 1. The van der Waals surface area contributed by atoms with Crippen molar-refractivity contribution < 1.29 is 4.79 Å². The lowest BCUT2D eigenvalue weighted by molar-refractivity contribution is -0.117. The summed E-state index contributed by atoms with van der Waals surface area (Å²) in [6.07, 6.45) is 4.23. The topological polar surface area (TPSA) is 17.1 Å². The average Bonchev–Trinajstić information content (AvgIpc) is 2.54. The second-order valence-electron chi connectivity index (χ2n) is 3.51. The van der Waals surface area contributed by atoms with E-state index in [1.54, 1.807) is 0 Å². The number of carbonyl (C=O) groups is 1. The third-order valence-electron chi connectivity index (χ3n) is 2.52. The molecule has 1 saturated carbocycles. The highest BCUT2D eigenvalue weighted by atomic mass is 32.2. The third-order valence-corrected chi connectivity index (χ3v) is 5.81. The molecule has 0 N–H and O–H groups in total. The summed E-state index contributed by atoms with van der Waals surface area (Å²) in [5.74, 6) is 3.81. The Morgan fingerprint density at radius 3 is 2.58 bits per heavy atom. The lowest BCUT2D eigenvalue weighted by atomic mass is 10.1. The average molecular weight is 202 g/mol. The van der Waals surface area contributed by atoms with Gasteiger partial charge in [-0.05, 0) is 30.3 Å². The van der Waals surface area contributed by atoms with Crippen molar-refractivity contribution in [1.29, 1.82) is 0 Å². The van der Waals surface area contributed by atoms with Gasteiger partial charge in [0.1, 0.15) is 5.78 Å². The fraction of sp³-hybridized carbons (Fsp3) is 0.889. The number of Topliss-reactive ketones (excluding diaryl/α,β-unsaturated/α-hetero) is 1. The maximum absolute atomic E-state index is 11.1. The molecule has 1 heterocycles. The predicted molar refractivity (Wildman–Crippen MR) is 55.7 cm³/mol. The molecule has 0 aromatic heterocycles. The molecule has 0 amide bonds. The normalized spacial score (nSPS) is 32.7. The van der Waals surface area contributed by atoms with Gasteiger partial charge in [-0.25, -0.2) is 0 Å². The van der Waals surface area contributed by atoms with E-state index in [0.717, 1.165) is 23.8 Å². The molecule has 3 heteroatoms. The van der Waals surface area contributed by atoms with Gasteiger partial charge in [-0.2, -0.15) is 0 Å². The Kier molecular flexibility index (Phi) is 3.02. The van der Waals surface area contributed by atoms with Crippen LogP contribution in [0.4, 0.5) is 0 Å². The first-order valence-corrected chi connectivity index (χ1v) is 6.71. The summed E-state index contributed by atoms with van der Waals surface area (Å²) in [5.41, 5.74) is 0. The van der Waals surface area contributed by atoms with E-state index in [4.69, 9.17) is 0 Å². The predicted octanol–water partition coefficient (Wildman–Crippen LogP) is 2.55. The third kappa shape index (κ3) is 1.99. The van der Waals surface area contributed by atoms with E-state index in [9.17, 15) is 4.79 Å². The molecule has 68 valence electrons. The van der Waals surface area contributed by atoms with Crippen LogP contribution >= 0.6 is 23.5 Å². The number of ketones is 1. The van der Waals surface area contributed by atoms with Gasteiger partial charge < -0.3 is 0 Å². The summed E-state index contributed by atoms with van der Waals surface area (Å²) < 4.78 is 0.741. The van der Waals surface area contributed by atoms with Crippen LogP contribution in [0.3, 0.4) is 0 Å². The molecular formula is C9H14OS2. The first kappa shape index (κ1) is 8.95. The van der Waals surface area contributed by atoms with Gasteiger partial charge in [-0.15, -0.1) is 23.5 Å². The summed E-state index contributed by atoms with van der Waals surface area (Å²) in [6, 6.07) is 0. The van der Waals surface area contributed by atoms with Crippen LogP contribution in [0.2, 0.25) is 0 Å². The van der Waals surface area contributed by atoms with E-state index < -0.39 is 0 Å². The molecule has 12 heavy (non-hydrogen) atoms. The molecule has 1 saturated heterocycles. The molecule has 0 aromatic carbocycles. The summed E-state index contributed by atoms with van der Waals surface area (Å²) >= 11 is 4.15. The molecule has 0 radical (unpaired) electrons. The van der Waals surface area contributed by atoms with Crippen LogP contribution in [-0.4, -0.2) is 21.9 Å². The number of rotatable bonds is 1. The molecule has 1 atom stereocenters. The molecule has 2 aliphatic rings. The van der Waals surface area contributed by atoms with E-state index >= 15 is 0 Å². The number of hydrogen-bond donors (Lipinski definition) is 0. The highest BCUT2D eigenvalue weighted by Gasteiger charge is 2.31. The van der Waals surface area contributed by atoms with Crippen molar-refractivity contribution in [2.75, 3.05) is 11.5 Å². The van der Waals surface area contributed by atoms with Crippen molar-refractivity contribution in [2.24, 2.45) is 5.92 Å². The zero-order valence-electron chi connectivity index (χ0n) is 7.12. The highest BCUT2D eigenvalue weighted by Crippen LogP contribution is 2.41. The standard InChI is InChI=1S/C9H14OS2/c10-8-3-2-7(6-8)9-11-4-1-5-12-9/h7,9H,1-6H2/t7-/m1/s1. The first-order valence-electron chi connectivity index (χ1n) is 4.61. The zero-order chi connectivity index (χ0) is 8.39. The van der Waals surface area contributed by atoms with E-state index in [0.29, 0.717) is 11.7 Å².